The van der Waals surface area contributed by atoms with Crippen LogP contribution < -0.4 is 15.0 Å². The number of anilines is 1. The van der Waals surface area contributed by atoms with Crippen molar-refractivity contribution in [2.45, 2.75) is 19.8 Å². The van der Waals surface area contributed by atoms with E-state index in [1.807, 2.05) is 12.1 Å². The lowest BCUT2D eigenvalue weighted by Gasteiger charge is -2.34. The van der Waals surface area contributed by atoms with Crippen molar-refractivity contribution in [2.24, 2.45) is 0 Å². The standard InChI is InChI=1S/C24H28F2N4O2S/c1-2-3-14-32-19-6-4-17(5-7-19)23(31)27-8-9-29-10-12-30(13-11-29)24-28-22-20(26)15-18(25)16-21(22)33-24/h4-7,15-16H,2-3,8-14H2,1H3,(H,27,31). The number of hydrogen-bond acceptors (Lipinski definition) is 6. The van der Waals surface area contributed by atoms with E-state index >= 15 is 0 Å². The molecule has 3 aromatic rings. The van der Waals surface area contributed by atoms with E-state index < -0.39 is 11.6 Å². The van der Waals surface area contributed by atoms with E-state index in [2.05, 4.69) is 27.0 Å². The highest BCUT2D eigenvalue weighted by Gasteiger charge is 2.21. The monoisotopic (exact) mass is 474 g/mol. The van der Waals surface area contributed by atoms with Crippen molar-refractivity contribution in [3.8, 4) is 5.75 Å². The van der Waals surface area contributed by atoms with Crippen molar-refractivity contribution in [1.29, 1.82) is 0 Å². The second-order valence-electron chi connectivity index (χ2n) is 8.04. The van der Waals surface area contributed by atoms with E-state index in [4.69, 9.17) is 4.74 Å². The van der Waals surface area contributed by atoms with Crippen molar-refractivity contribution < 1.29 is 18.3 Å². The van der Waals surface area contributed by atoms with Crippen LogP contribution in [0.2, 0.25) is 0 Å². The highest BCUT2D eigenvalue weighted by atomic mass is 32.1. The van der Waals surface area contributed by atoms with Crippen molar-refractivity contribution in [3.63, 3.8) is 0 Å². The minimum absolute atomic E-state index is 0.0996. The molecule has 1 aromatic heterocycles. The Labute approximate surface area is 196 Å². The summed E-state index contributed by atoms with van der Waals surface area (Å²) in [6.45, 7) is 7.22. The molecule has 0 saturated carbocycles. The van der Waals surface area contributed by atoms with Gasteiger partial charge in [-0.1, -0.05) is 24.7 Å². The number of fused-ring (bicyclic) bond motifs is 1. The van der Waals surface area contributed by atoms with Gasteiger partial charge in [0.05, 0.1) is 11.3 Å². The molecule has 2 heterocycles. The van der Waals surface area contributed by atoms with Crippen molar-refractivity contribution in [1.82, 2.24) is 15.2 Å². The van der Waals surface area contributed by atoms with Crippen LogP contribution in [0.5, 0.6) is 5.75 Å². The molecule has 1 N–H and O–H groups in total. The molecule has 4 rings (SSSR count). The summed E-state index contributed by atoms with van der Waals surface area (Å²) < 4.78 is 33.5. The Morgan fingerprint density at radius 2 is 1.91 bits per heavy atom. The number of hydrogen-bond donors (Lipinski definition) is 1. The summed E-state index contributed by atoms with van der Waals surface area (Å²) in [5, 5.41) is 3.68. The fraction of sp³-hybridized carbons (Fsp3) is 0.417. The van der Waals surface area contributed by atoms with Gasteiger partial charge >= 0.3 is 0 Å². The number of carbonyl (C=O) groups is 1. The molecule has 0 atom stereocenters. The molecule has 1 aliphatic rings. The van der Waals surface area contributed by atoms with Crippen LogP contribution in [-0.2, 0) is 0 Å². The molecule has 0 unspecified atom stereocenters. The first-order valence-electron chi connectivity index (χ1n) is 11.3. The highest BCUT2D eigenvalue weighted by Crippen LogP contribution is 2.31. The Morgan fingerprint density at radius 1 is 1.15 bits per heavy atom. The average molecular weight is 475 g/mol. The van der Waals surface area contributed by atoms with E-state index in [9.17, 15) is 13.6 Å². The molecular formula is C24H28F2N4O2S. The van der Waals surface area contributed by atoms with E-state index in [1.165, 1.54) is 17.4 Å². The molecule has 33 heavy (non-hydrogen) atoms. The minimum atomic E-state index is -0.625. The number of aromatic nitrogens is 1. The number of benzene rings is 2. The molecule has 0 spiro atoms. The number of rotatable bonds is 9. The number of nitrogens with one attached hydrogen (secondary N) is 1. The Morgan fingerprint density at radius 3 is 2.64 bits per heavy atom. The van der Waals surface area contributed by atoms with Crippen LogP contribution in [0.1, 0.15) is 30.1 Å². The lowest BCUT2D eigenvalue weighted by Crippen LogP contribution is -2.48. The third kappa shape index (κ3) is 5.97. The topological polar surface area (TPSA) is 57.7 Å². The zero-order chi connectivity index (χ0) is 23.2. The maximum Gasteiger partial charge on any atom is 0.251 e. The number of nitrogens with zero attached hydrogens (tertiary/aromatic N) is 3. The second-order valence-corrected chi connectivity index (χ2v) is 9.05. The number of unbranched alkanes of at least 4 members (excludes halogenated alkanes) is 1. The van der Waals surface area contributed by atoms with Gasteiger partial charge in [-0.3, -0.25) is 9.69 Å². The summed E-state index contributed by atoms with van der Waals surface area (Å²) in [5.74, 6) is -0.532. The smallest absolute Gasteiger partial charge is 0.251 e. The molecule has 0 bridgehead atoms. The third-order valence-electron chi connectivity index (χ3n) is 5.64. The summed E-state index contributed by atoms with van der Waals surface area (Å²) in [6, 6.07) is 9.40. The maximum absolute atomic E-state index is 13.9. The zero-order valence-corrected chi connectivity index (χ0v) is 19.5. The number of thiazole rings is 1. The predicted molar refractivity (Wildman–Crippen MR) is 127 cm³/mol. The van der Waals surface area contributed by atoms with Gasteiger partial charge in [-0.05, 0) is 36.8 Å². The molecule has 2 aromatic carbocycles. The summed E-state index contributed by atoms with van der Waals surface area (Å²) in [6.07, 6.45) is 2.09. The zero-order valence-electron chi connectivity index (χ0n) is 18.7. The van der Waals surface area contributed by atoms with Gasteiger partial charge in [-0.15, -0.1) is 0 Å². The van der Waals surface area contributed by atoms with E-state index in [0.717, 1.165) is 57.4 Å². The average Bonchev–Trinajstić information content (AvgIpc) is 3.24. The summed E-state index contributed by atoms with van der Waals surface area (Å²) in [7, 11) is 0. The van der Waals surface area contributed by atoms with Crippen molar-refractivity contribution >= 4 is 32.6 Å². The number of carbonyl (C=O) groups excluding carboxylic acids is 1. The van der Waals surface area contributed by atoms with Crippen LogP contribution in [0.15, 0.2) is 36.4 Å². The lowest BCUT2D eigenvalue weighted by atomic mass is 10.2. The molecule has 0 aliphatic carbocycles. The van der Waals surface area contributed by atoms with Gasteiger partial charge in [0.25, 0.3) is 5.91 Å². The Bertz CT molecular complexity index is 1080. The first-order valence-corrected chi connectivity index (χ1v) is 12.1. The van der Waals surface area contributed by atoms with Gasteiger partial charge in [0.2, 0.25) is 0 Å². The lowest BCUT2D eigenvalue weighted by molar-refractivity contribution is 0.0947. The summed E-state index contributed by atoms with van der Waals surface area (Å²) in [4.78, 5) is 21.1. The number of ether oxygens (including phenoxy) is 1. The van der Waals surface area contributed by atoms with Crippen LogP contribution in [0.25, 0.3) is 10.2 Å². The normalized spacial score (nSPS) is 14.6. The Kier molecular flexibility index (Phi) is 7.72. The van der Waals surface area contributed by atoms with Gasteiger partial charge in [-0.2, -0.15) is 0 Å². The fourth-order valence-corrected chi connectivity index (χ4v) is 4.77. The Hall–Kier alpha value is -2.78. The molecule has 1 fully saturated rings. The largest absolute Gasteiger partial charge is 0.494 e. The van der Waals surface area contributed by atoms with Crippen molar-refractivity contribution in [3.05, 3.63) is 53.6 Å². The number of piperazine rings is 1. The van der Waals surface area contributed by atoms with Crippen LogP contribution >= 0.6 is 11.3 Å². The van der Waals surface area contributed by atoms with Gasteiger partial charge in [0.15, 0.2) is 10.9 Å². The fourth-order valence-electron chi connectivity index (χ4n) is 3.71. The third-order valence-corrected chi connectivity index (χ3v) is 6.70. The van der Waals surface area contributed by atoms with Crippen LogP contribution in [-0.4, -0.2) is 61.7 Å². The van der Waals surface area contributed by atoms with Gasteiger partial charge in [0, 0.05) is 50.9 Å². The molecule has 9 heteroatoms. The van der Waals surface area contributed by atoms with E-state index in [-0.39, 0.29) is 11.4 Å². The first-order chi connectivity index (χ1) is 16.0. The SMILES string of the molecule is CCCCOc1ccc(C(=O)NCCN2CCN(c3nc4c(F)cc(F)cc4s3)CC2)cc1. The van der Waals surface area contributed by atoms with Crippen molar-refractivity contribution in [2.75, 3.05) is 50.8 Å². The quantitative estimate of drug-likeness (QED) is 0.469. The molecule has 0 radical (unpaired) electrons. The van der Waals surface area contributed by atoms with Gasteiger partial charge in [0.1, 0.15) is 17.1 Å². The Balaban J connectivity index is 1.21. The van der Waals surface area contributed by atoms with Gasteiger partial charge in [-0.25, -0.2) is 13.8 Å². The maximum atomic E-state index is 13.9. The molecular weight excluding hydrogens is 446 g/mol. The number of amides is 1. The molecule has 1 amide bonds. The van der Waals surface area contributed by atoms with Gasteiger partial charge < -0.3 is 15.0 Å². The predicted octanol–water partition coefficient (Wildman–Crippen LogP) is 4.31. The van der Waals surface area contributed by atoms with Crippen LogP contribution in [0, 0.1) is 11.6 Å². The molecule has 1 saturated heterocycles. The second kappa shape index (κ2) is 10.9. The minimum Gasteiger partial charge on any atom is -0.494 e. The summed E-state index contributed by atoms with van der Waals surface area (Å²) in [5.41, 5.74) is 0.837. The van der Waals surface area contributed by atoms with Crippen LogP contribution in [0.4, 0.5) is 13.9 Å². The highest BCUT2D eigenvalue weighted by molar-refractivity contribution is 7.22. The molecule has 6 nitrogen and oxygen atoms in total. The molecule has 176 valence electrons. The molecule has 1 aliphatic heterocycles. The van der Waals surface area contributed by atoms with Crippen LogP contribution in [0.3, 0.4) is 0 Å². The van der Waals surface area contributed by atoms with E-state index in [1.54, 1.807) is 12.1 Å². The van der Waals surface area contributed by atoms with E-state index in [0.29, 0.717) is 28.5 Å². The number of halogens is 2. The summed E-state index contributed by atoms with van der Waals surface area (Å²) >= 11 is 1.31. The first kappa shape index (κ1) is 23.4.